The average Bonchev–Trinajstić information content (AvgIpc) is 2.64. The monoisotopic (exact) mass is 396 g/mol. The van der Waals surface area contributed by atoms with Gasteiger partial charge in [-0.3, -0.25) is 4.79 Å². The number of para-hydroxylation sites is 1. The van der Waals surface area contributed by atoms with Gasteiger partial charge in [-0.25, -0.2) is 12.8 Å². The largest absolute Gasteiger partial charge is 0.319 e. The Morgan fingerprint density at radius 2 is 1.77 bits per heavy atom. The number of carbonyl (C=O) groups excluding carboxylic acids is 1. The zero-order chi connectivity index (χ0) is 18.7. The molecule has 0 aliphatic carbocycles. The fourth-order valence-electron chi connectivity index (χ4n) is 2.84. The van der Waals surface area contributed by atoms with E-state index in [4.69, 9.17) is 11.6 Å². The molecule has 1 N–H and O–H groups in total. The van der Waals surface area contributed by atoms with Crippen LogP contribution < -0.4 is 5.32 Å². The summed E-state index contributed by atoms with van der Waals surface area (Å²) in [5, 5.41) is 2.49. The Kier molecular flexibility index (Phi) is 5.60. The van der Waals surface area contributed by atoms with Crippen molar-refractivity contribution in [3.05, 3.63) is 58.9 Å². The second-order valence-corrected chi connectivity index (χ2v) is 8.36. The summed E-state index contributed by atoms with van der Waals surface area (Å²) in [5.74, 6) is -1.18. The molecule has 1 aliphatic heterocycles. The van der Waals surface area contributed by atoms with Crippen molar-refractivity contribution in [1.29, 1.82) is 0 Å². The Morgan fingerprint density at radius 3 is 2.46 bits per heavy atom. The molecule has 2 aromatic rings. The maximum absolute atomic E-state index is 13.7. The van der Waals surface area contributed by atoms with Crippen LogP contribution in [0.3, 0.4) is 0 Å². The number of hydrogen-bond donors (Lipinski definition) is 1. The number of anilines is 1. The van der Waals surface area contributed by atoms with Crippen molar-refractivity contribution in [2.24, 2.45) is 0 Å². The number of benzene rings is 2. The molecule has 1 amide bonds. The van der Waals surface area contributed by atoms with E-state index in [2.05, 4.69) is 5.32 Å². The van der Waals surface area contributed by atoms with Crippen LogP contribution in [0.2, 0.25) is 5.02 Å². The van der Waals surface area contributed by atoms with E-state index in [1.807, 2.05) is 0 Å². The Labute approximate surface area is 156 Å². The lowest BCUT2D eigenvalue weighted by molar-refractivity contribution is 0.102. The highest BCUT2D eigenvalue weighted by Gasteiger charge is 2.28. The maximum atomic E-state index is 13.7. The molecular formula is C18H18ClFN2O3S. The average molecular weight is 397 g/mol. The number of hydrogen-bond acceptors (Lipinski definition) is 3. The van der Waals surface area contributed by atoms with Gasteiger partial charge in [0.15, 0.2) is 0 Å². The molecule has 1 heterocycles. The Hall–Kier alpha value is -1.96. The highest BCUT2D eigenvalue weighted by Crippen LogP contribution is 2.28. The van der Waals surface area contributed by atoms with Gasteiger partial charge in [0.1, 0.15) is 10.7 Å². The number of nitrogens with one attached hydrogen (secondary N) is 1. The summed E-state index contributed by atoms with van der Waals surface area (Å²) < 4.78 is 40.8. The molecule has 1 fully saturated rings. The van der Waals surface area contributed by atoms with Crippen LogP contribution in [0.4, 0.5) is 10.1 Å². The molecule has 0 spiro atoms. The molecular weight excluding hydrogens is 379 g/mol. The van der Waals surface area contributed by atoms with Crippen molar-refractivity contribution in [3.8, 4) is 0 Å². The van der Waals surface area contributed by atoms with Crippen molar-refractivity contribution in [1.82, 2.24) is 4.31 Å². The number of nitrogens with zero attached hydrogens (tertiary/aromatic N) is 1. The minimum atomic E-state index is -3.78. The fourth-order valence-corrected chi connectivity index (χ4v) is 4.86. The van der Waals surface area contributed by atoms with E-state index in [1.165, 1.54) is 40.7 Å². The predicted molar refractivity (Wildman–Crippen MR) is 98.4 cm³/mol. The Bertz CT molecular complexity index is 928. The molecule has 26 heavy (non-hydrogen) atoms. The summed E-state index contributed by atoms with van der Waals surface area (Å²) in [6.07, 6.45) is 2.58. The van der Waals surface area contributed by atoms with E-state index < -0.39 is 21.7 Å². The van der Waals surface area contributed by atoms with E-state index in [9.17, 15) is 17.6 Å². The van der Waals surface area contributed by atoms with E-state index in [0.29, 0.717) is 13.1 Å². The third-order valence-electron chi connectivity index (χ3n) is 4.25. The first kappa shape index (κ1) is 18.8. The van der Waals surface area contributed by atoms with Gasteiger partial charge in [0, 0.05) is 18.7 Å². The summed E-state index contributed by atoms with van der Waals surface area (Å²) in [5.41, 5.74) is 0.112. The quantitative estimate of drug-likeness (QED) is 0.852. The van der Waals surface area contributed by atoms with Gasteiger partial charge in [0.05, 0.1) is 10.7 Å². The van der Waals surface area contributed by atoms with Gasteiger partial charge in [-0.2, -0.15) is 4.31 Å². The molecule has 0 unspecified atom stereocenters. The normalized spacial score (nSPS) is 15.6. The van der Waals surface area contributed by atoms with Gasteiger partial charge in [0.2, 0.25) is 10.0 Å². The number of carbonyl (C=O) groups is 1. The van der Waals surface area contributed by atoms with Gasteiger partial charge in [0.25, 0.3) is 5.91 Å². The lowest BCUT2D eigenvalue weighted by Crippen LogP contribution is -2.35. The number of sulfonamides is 1. The first-order valence-corrected chi connectivity index (χ1v) is 10.1. The smallest absolute Gasteiger partial charge is 0.255 e. The molecule has 2 aromatic carbocycles. The molecule has 0 atom stereocenters. The molecule has 3 rings (SSSR count). The summed E-state index contributed by atoms with van der Waals surface area (Å²) in [7, 11) is -3.78. The molecule has 1 saturated heterocycles. The third-order valence-corrected chi connectivity index (χ3v) is 6.63. The lowest BCUT2D eigenvalue weighted by Gasteiger charge is -2.26. The van der Waals surface area contributed by atoms with Crippen molar-refractivity contribution >= 4 is 33.2 Å². The molecule has 0 aromatic heterocycles. The molecule has 138 valence electrons. The summed E-state index contributed by atoms with van der Waals surface area (Å²) in [6, 6.07) is 9.77. The van der Waals surface area contributed by atoms with Crippen LogP contribution >= 0.6 is 11.6 Å². The summed E-state index contributed by atoms with van der Waals surface area (Å²) >= 11 is 6.09. The van der Waals surface area contributed by atoms with Crippen LogP contribution in [0.25, 0.3) is 0 Å². The number of rotatable bonds is 4. The van der Waals surface area contributed by atoms with Crippen molar-refractivity contribution < 1.29 is 17.6 Å². The molecule has 0 saturated carbocycles. The molecule has 0 radical (unpaired) electrons. The van der Waals surface area contributed by atoms with Crippen LogP contribution in [0, 0.1) is 5.82 Å². The van der Waals surface area contributed by atoms with Crippen LogP contribution in [-0.2, 0) is 10.0 Å². The SMILES string of the molecule is O=C(Nc1ccccc1F)c1ccc(Cl)c(S(=O)(=O)N2CCCCC2)c1. The van der Waals surface area contributed by atoms with Crippen LogP contribution in [0.15, 0.2) is 47.4 Å². The van der Waals surface area contributed by atoms with Crippen molar-refractivity contribution in [2.45, 2.75) is 24.2 Å². The van der Waals surface area contributed by atoms with Crippen LogP contribution in [0.5, 0.6) is 0 Å². The number of halogens is 2. The third kappa shape index (κ3) is 3.90. The second kappa shape index (κ2) is 7.73. The standard InChI is InChI=1S/C18H18ClFN2O3S/c19-14-9-8-13(18(23)21-16-7-3-2-6-15(16)20)12-17(14)26(24,25)22-10-4-1-5-11-22/h2-3,6-9,12H,1,4-5,10-11H2,(H,21,23). The first-order chi connectivity index (χ1) is 12.4. The van der Waals surface area contributed by atoms with Gasteiger partial charge in [-0.15, -0.1) is 0 Å². The number of piperidine rings is 1. The fraction of sp³-hybridized carbons (Fsp3) is 0.278. The maximum Gasteiger partial charge on any atom is 0.255 e. The zero-order valence-corrected chi connectivity index (χ0v) is 15.5. The van der Waals surface area contributed by atoms with E-state index in [-0.39, 0.29) is 21.2 Å². The van der Waals surface area contributed by atoms with Crippen LogP contribution in [0.1, 0.15) is 29.6 Å². The molecule has 1 aliphatic rings. The summed E-state index contributed by atoms with van der Waals surface area (Å²) in [6.45, 7) is 0.870. The number of amides is 1. The van der Waals surface area contributed by atoms with Gasteiger partial charge >= 0.3 is 0 Å². The summed E-state index contributed by atoms with van der Waals surface area (Å²) in [4.78, 5) is 12.3. The predicted octanol–water partition coefficient (Wildman–Crippen LogP) is 3.91. The minimum absolute atomic E-state index is 0.0212. The van der Waals surface area contributed by atoms with E-state index >= 15 is 0 Å². The lowest BCUT2D eigenvalue weighted by atomic mass is 10.2. The topological polar surface area (TPSA) is 66.5 Å². The minimum Gasteiger partial charge on any atom is -0.319 e. The first-order valence-electron chi connectivity index (χ1n) is 8.25. The molecule has 8 heteroatoms. The Morgan fingerprint density at radius 1 is 1.08 bits per heavy atom. The highest BCUT2D eigenvalue weighted by molar-refractivity contribution is 7.89. The second-order valence-electron chi connectivity index (χ2n) is 6.04. The van der Waals surface area contributed by atoms with Crippen LogP contribution in [-0.4, -0.2) is 31.7 Å². The van der Waals surface area contributed by atoms with Gasteiger partial charge < -0.3 is 5.32 Å². The highest BCUT2D eigenvalue weighted by atomic mass is 35.5. The van der Waals surface area contributed by atoms with Crippen molar-refractivity contribution in [3.63, 3.8) is 0 Å². The molecule has 5 nitrogen and oxygen atoms in total. The molecule has 0 bridgehead atoms. The Balaban J connectivity index is 1.90. The van der Waals surface area contributed by atoms with Gasteiger partial charge in [-0.1, -0.05) is 30.2 Å². The van der Waals surface area contributed by atoms with E-state index in [1.54, 1.807) is 6.07 Å². The van der Waals surface area contributed by atoms with E-state index in [0.717, 1.165) is 19.3 Å². The zero-order valence-electron chi connectivity index (χ0n) is 13.9. The van der Waals surface area contributed by atoms with Crippen molar-refractivity contribution in [2.75, 3.05) is 18.4 Å². The van der Waals surface area contributed by atoms with Gasteiger partial charge in [-0.05, 0) is 43.2 Å².